The van der Waals surface area contributed by atoms with Crippen molar-refractivity contribution in [2.75, 3.05) is 6.61 Å². The van der Waals surface area contributed by atoms with Crippen LogP contribution < -0.4 is 10.1 Å². The summed E-state index contributed by atoms with van der Waals surface area (Å²) in [5.41, 5.74) is 0.932. The number of ketones is 1. The first kappa shape index (κ1) is 27.7. The van der Waals surface area contributed by atoms with Crippen LogP contribution in [0.1, 0.15) is 54.0 Å². The maximum absolute atomic E-state index is 12.7. The van der Waals surface area contributed by atoms with Crippen LogP contribution in [0.5, 0.6) is 5.75 Å². The van der Waals surface area contributed by atoms with Crippen molar-refractivity contribution in [1.82, 2.24) is 10.4 Å². The summed E-state index contributed by atoms with van der Waals surface area (Å²) < 4.78 is 11.0. The number of amidine groups is 1. The molecule has 0 aromatic heterocycles. The second kappa shape index (κ2) is 11.8. The molecule has 1 atom stereocenters. The Kier molecular flexibility index (Phi) is 9.32. The highest BCUT2D eigenvalue weighted by Gasteiger charge is 2.27. The molecule has 10 heteroatoms. The van der Waals surface area contributed by atoms with Gasteiger partial charge in [-0.05, 0) is 77.2 Å². The zero-order valence-corrected chi connectivity index (χ0v) is 22.1. The monoisotopic (exact) mass is 499 g/mol. The molecule has 188 valence electrons. The van der Waals surface area contributed by atoms with Crippen LogP contribution in [-0.4, -0.2) is 60.9 Å². The number of carbonyl (C=O) groups excluding carboxylic acids is 2. The van der Waals surface area contributed by atoms with Crippen LogP contribution in [0.15, 0.2) is 48.5 Å². The first-order valence-corrected chi connectivity index (χ1v) is 14.0. The van der Waals surface area contributed by atoms with Gasteiger partial charge in [0, 0.05) is 16.7 Å². The quantitative estimate of drug-likeness (QED) is 0.150. The van der Waals surface area contributed by atoms with E-state index in [1.54, 1.807) is 36.3 Å². The Morgan fingerprint density at radius 3 is 2.00 bits per heavy atom. The molecule has 0 heterocycles. The molecule has 35 heavy (non-hydrogen) atoms. The van der Waals surface area contributed by atoms with Crippen molar-refractivity contribution in [1.29, 1.82) is 5.41 Å². The molecular weight excluding hydrogens is 466 g/mol. The van der Waals surface area contributed by atoms with Gasteiger partial charge in [-0.2, -0.15) is 0 Å². The van der Waals surface area contributed by atoms with E-state index < -0.39 is 39.1 Å². The van der Waals surface area contributed by atoms with Gasteiger partial charge >= 0.3 is 5.97 Å². The summed E-state index contributed by atoms with van der Waals surface area (Å²) in [5, 5.41) is 21.5. The van der Waals surface area contributed by atoms with E-state index in [1.807, 2.05) is 33.9 Å². The summed E-state index contributed by atoms with van der Waals surface area (Å²) in [6, 6.07) is 11.9. The third kappa shape index (κ3) is 8.04. The van der Waals surface area contributed by atoms with E-state index in [0.717, 1.165) is 0 Å². The Morgan fingerprint density at radius 2 is 1.51 bits per heavy atom. The number of hydrogen-bond acceptors (Lipinski definition) is 6. The number of nitrogens with zero attached hydrogens (tertiary/aromatic N) is 1. The van der Waals surface area contributed by atoms with Crippen LogP contribution in [0.25, 0.3) is 0 Å². The summed E-state index contributed by atoms with van der Waals surface area (Å²) in [6.45, 7) is 11.1. The summed E-state index contributed by atoms with van der Waals surface area (Å²) in [6.07, 6.45) is 0. The fourth-order valence-electron chi connectivity index (χ4n) is 3.11. The predicted octanol–water partition coefficient (Wildman–Crippen LogP) is 3.49. The Morgan fingerprint density at radius 1 is 1.00 bits per heavy atom. The molecule has 0 fully saturated rings. The van der Waals surface area contributed by atoms with Gasteiger partial charge in [0.2, 0.25) is 9.04 Å². The number of amides is 1. The highest BCUT2D eigenvalue weighted by Crippen LogP contribution is 2.19. The van der Waals surface area contributed by atoms with Crippen LogP contribution in [-0.2, 0) is 9.32 Å². The lowest BCUT2D eigenvalue weighted by atomic mass is 10.0. The minimum atomic E-state index is -1.44. The van der Waals surface area contributed by atoms with Crippen molar-refractivity contribution in [3.05, 3.63) is 65.2 Å². The summed E-state index contributed by atoms with van der Waals surface area (Å²) in [4.78, 5) is 36.0. The topological polar surface area (TPSA) is 129 Å². The number of carboxylic acids is 1. The van der Waals surface area contributed by atoms with E-state index in [4.69, 9.17) is 19.8 Å². The zero-order valence-electron chi connectivity index (χ0n) is 20.9. The van der Waals surface area contributed by atoms with E-state index in [1.165, 1.54) is 24.3 Å². The highest BCUT2D eigenvalue weighted by atomic mass is 28.3. The van der Waals surface area contributed by atoms with Crippen molar-refractivity contribution < 1.29 is 28.8 Å². The molecule has 0 aliphatic heterocycles. The molecule has 2 aromatic carbocycles. The molecule has 0 saturated heterocycles. The van der Waals surface area contributed by atoms with Gasteiger partial charge in [-0.25, -0.2) is 9.86 Å². The van der Waals surface area contributed by atoms with Gasteiger partial charge in [0.25, 0.3) is 5.91 Å². The Balaban J connectivity index is 2.04. The number of hydroxylamine groups is 2. The number of rotatable bonds is 10. The van der Waals surface area contributed by atoms with Crippen LogP contribution >= 0.6 is 0 Å². The predicted molar refractivity (Wildman–Crippen MR) is 136 cm³/mol. The molecule has 3 N–H and O–H groups in total. The normalized spacial score (nSPS) is 12.1. The Labute approximate surface area is 207 Å². The van der Waals surface area contributed by atoms with E-state index in [-0.39, 0.29) is 11.6 Å². The molecule has 2 aromatic rings. The number of Topliss-reactive ketones (excluding diaryl/α,β-unsaturated/α-hetero) is 1. The SMILES string of the molecule is C[C@H](NC(=O)c1ccc(C(=N)N(O[SiH](C)C)C(C)(C)C)cc1)C(=O)c1ccc(OCC(=O)O)cc1. The maximum atomic E-state index is 12.7. The number of ether oxygens (including phenoxy) is 1. The van der Waals surface area contributed by atoms with Crippen molar-refractivity contribution in [3.63, 3.8) is 0 Å². The first-order chi connectivity index (χ1) is 16.3. The molecule has 0 saturated carbocycles. The molecule has 0 unspecified atom stereocenters. The van der Waals surface area contributed by atoms with Crippen LogP contribution in [0.4, 0.5) is 0 Å². The van der Waals surface area contributed by atoms with Gasteiger partial charge in [-0.3, -0.25) is 15.0 Å². The van der Waals surface area contributed by atoms with E-state index in [0.29, 0.717) is 22.4 Å². The van der Waals surface area contributed by atoms with Gasteiger partial charge in [0.1, 0.15) is 5.75 Å². The smallest absolute Gasteiger partial charge is 0.341 e. The number of benzene rings is 2. The summed E-state index contributed by atoms with van der Waals surface area (Å²) in [7, 11) is -1.44. The standard InChI is InChI=1S/C25H33N3O6Si/c1-16(22(31)17-11-13-20(14-12-17)33-15-21(29)30)27-24(32)19-9-7-18(8-10-19)23(26)28(25(2,3)4)34-35(5)6/h7-14,16,26,35H,15H2,1-6H3,(H,27,32)(H,29,30)/t16-/m0/s1. The second-order valence-corrected chi connectivity index (χ2v) is 11.6. The fraction of sp³-hybridized carbons (Fsp3) is 0.360. The van der Waals surface area contributed by atoms with Crippen molar-refractivity contribution >= 4 is 32.5 Å². The number of carbonyl (C=O) groups is 3. The van der Waals surface area contributed by atoms with Gasteiger partial charge in [0.05, 0.1) is 11.6 Å². The van der Waals surface area contributed by atoms with Gasteiger partial charge in [-0.1, -0.05) is 12.1 Å². The number of carboxylic acid groups (broad SMARTS) is 1. The lowest BCUT2D eigenvalue weighted by molar-refractivity contribution is -0.139. The average Bonchev–Trinajstić information content (AvgIpc) is 2.79. The largest absolute Gasteiger partial charge is 0.482 e. The average molecular weight is 500 g/mol. The Bertz CT molecular complexity index is 1060. The van der Waals surface area contributed by atoms with Crippen molar-refractivity contribution in [3.8, 4) is 5.75 Å². The van der Waals surface area contributed by atoms with Gasteiger partial charge in [0.15, 0.2) is 18.2 Å². The molecule has 9 nitrogen and oxygen atoms in total. The van der Waals surface area contributed by atoms with E-state index in [2.05, 4.69) is 5.32 Å². The molecule has 0 aliphatic rings. The summed E-state index contributed by atoms with van der Waals surface area (Å²) in [5.74, 6) is -1.26. The maximum Gasteiger partial charge on any atom is 0.341 e. The second-order valence-electron chi connectivity index (χ2n) is 9.31. The third-order valence-electron chi connectivity index (χ3n) is 4.79. The summed E-state index contributed by atoms with van der Waals surface area (Å²) >= 11 is 0. The number of aliphatic carboxylic acids is 1. The number of hydrogen-bond donors (Lipinski definition) is 3. The molecule has 0 aliphatic carbocycles. The molecule has 0 radical (unpaired) electrons. The van der Waals surface area contributed by atoms with Crippen LogP contribution in [0.2, 0.25) is 13.1 Å². The lowest BCUT2D eigenvalue weighted by Crippen LogP contribution is -2.47. The van der Waals surface area contributed by atoms with Crippen molar-refractivity contribution in [2.24, 2.45) is 0 Å². The van der Waals surface area contributed by atoms with E-state index >= 15 is 0 Å². The van der Waals surface area contributed by atoms with Gasteiger partial charge < -0.3 is 19.7 Å². The Hall–Kier alpha value is -3.50. The molecule has 1 amide bonds. The molecular formula is C25H33N3O6Si. The van der Waals surface area contributed by atoms with Crippen LogP contribution in [0.3, 0.4) is 0 Å². The number of nitrogens with one attached hydrogen (secondary N) is 2. The van der Waals surface area contributed by atoms with Crippen LogP contribution in [0, 0.1) is 5.41 Å². The fourth-order valence-corrected chi connectivity index (χ4v) is 3.95. The van der Waals surface area contributed by atoms with Gasteiger partial charge in [-0.15, -0.1) is 0 Å². The molecule has 0 spiro atoms. The molecule has 2 rings (SSSR count). The van der Waals surface area contributed by atoms with E-state index in [9.17, 15) is 14.4 Å². The highest BCUT2D eigenvalue weighted by molar-refractivity contribution is 6.48. The minimum Gasteiger partial charge on any atom is -0.482 e. The molecule has 0 bridgehead atoms. The first-order valence-electron chi connectivity index (χ1n) is 11.2. The zero-order chi connectivity index (χ0) is 26.3. The minimum absolute atomic E-state index is 0.213. The lowest BCUT2D eigenvalue weighted by Gasteiger charge is -2.38. The van der Waals surface area contributed by atoms with Crippen molar-refractivity contribution in [2.45, 2.75) is 52.4 Å². The third-order valence-corrected chi connectivity index (χ3v) is 5.42.